The molecule has 1 N–H and O–H groups in total. The zero-order valence-electron chi connectivity index (χ0n) is 11.9. The Hall–Kier alpha value is -1.65. The normalized spacial score (nSPS) is 23.2. The predicted molar refractivity (Wildman–Crippen MR) is 75.1 cm³/mol. The van der Waals surface area contributed by atoms with Crippen molar-refractivity contribution in [2.75, 3.05) is 18.4 Å². The molecule has 1 aromatic heterocycles. The molecular formula is C14H22N4O. The van der Waals surface area contributed by atoms with Gasteiger partial charge in [-0.25, -0.2) is 9.97 Å². The summed E-state index contributed by atoms with van der Waals surface area (Å²) in [4.78, 5) is 22.7. The minimum atomic E-state index is -0.00468. The maximum atomic E-state index is 12.4. The molecule has 0 aromatic carbocycles. The van der Waals surface area contributed by atoms with Gasteiger partial charge in [0, 0.05) is 19.1 Å². The zero-order valence-corrected chi connectivity index (χ0v) is 11.9. The fourth-order valence-electron chi connectivity index (χ4n) is 2.57. The predicted octanol–water partition coefficient (Wildman–Crippen LogP) is 2.17. The molecule has 1 aromatic rings. The van der Waals surface area contributed by atoms with Crippen LogP contribution in [-0.2, 0) is 0 Å². The molecule has 2 unspecified atom stereocenters. The third kappa shape index (κ3) is 3.22. The largest absolute Gasteiger partial charge is 0.369 e. The summed E-state index contributed by atoms with van der Waals surface area (Å²) in [6.45, 7) is 7.95. The minimum Gasteiger partial charge on any atom is -0.369 e. The van der Waals surface area contributed by atoms with Crippen LogP contribution in [0.2, 0.25) is 0 Å². The van der Waals surface area contributed by atoms with Gasteiger partial charge in [0.1, 0.15) is 11.5 Å². The molecule has 1 saturated heterocycles. The molecule has 0 aliphatic carbocycles. The van der Waals surface area contributed by atoms with E-state index < -0.39 is 0 Å². The highest BCUT2D eigenvalue weighted by molar-refractivity contribution is 5.92. The van der Waals surface area contributed by atoms with Crippen LogP contribution in [0.3, 0.4) is 0 Å². The van der Waals surface area contributed by atoms with Gasteiger partial charge in [-0.3, -0.25) is 4.79 Å². The van der Waals surface area contributed by atoms with Crippen molar-refractivity contribution in [1.29, 1.82) is 0 Å². The van der Waals surface area contributed by atoms with Gasteiger partial charge >= 0.3 is 0 Å². The van der Waals surface area contributed by atoms with Crippen LogP contribution in [0.15, 0.2) is 12.4 Å². The lowest BCUT2D eigenvalue weighted by Gasteiger charge is -2.36. The number of anilines is 1. The Morgan fingerprint density at radius 3 is 2.79 bits per heavy atom. The van der Waals surface area contributed by atoms with Crippen LogP contribution in [0.1, 0.15) is 44.1 Å². The molecule has 0 spiro atoms. The smallest absolute Gasteiger partial charge is 0.274 e. The van der Waals surface area contributed by atoms with E-state index in [1.165, 1.54) is 0 Å². The van der Waals surface area contributed by atoms with Crippen molar-refractivity contribution in [1.82, 2.24) is 14.9 Å². The van der Waals surface area contributed by atoms with Crippen molar-refractivity contribution in [2.24, 2.45) is 5.92 Å². The Balaban J connectivity index is 2.06. The Kier molecular flexibility index (Phi) is 4.35. The third-order valence-electron chi connectivity index (χ3n) is 3.63. The second-order valence-corrected chi connectivity index (χ2v) is 5.29. The number of rotatable bonds is 3. The molecule has 5 nitrogen and oxygen atoms in total. The molecule has 2 atom stereocenters. The number of nitrogens with one attached hydrogen (secondary N) is 1. The number of aromatic nitrogens is 2. The van der Waals surface area contributed by atoms with E-state index in [4.69, 9.17) is 0 Å². The minimum absolute atomic E-state index is 0.00468. The lowest BCUT2D eigenvalue weighted by atomic mass is 9.93. The number of carbonyl (C=O) groups is 1. The van der Waals surface area contributed by atoms with Crippen LogP contribution in [0, 0.1) is 5.92 Å². The van der Waals surface area contributed by atoms with Gasteiger partial charge in [0.05, 0.1) is 12.4 Å². The molecule has 2 rings (SSSR count). The molecule has 104 valence electrons. The van der Waals surface area contributed by atoms with Gasteiger partial charge < -0.3 is 10.2 Å². The molecule has 1 aliphatic rings. The SMILES string of the molecule is CCNc1cnc(C(=O)N2CCC(C)CC2C)cn1. The van der Waals surface area contributed by atoms with E-state index >= 15 is 0 Å². The number of nitrogens with zero attached hydrogens (tertiary/aromatic N) is 3. The first-order valence-corrected chi connectivity index (χ1v) is 6.98. The highest BCUT2D eigenvalue weighted by atomic mass is 16.2. The van der Waals surface area contributed by atoms with E-state index in [0.717, 1.165) is 25.9 Å². The molecule has 1 fully saturated rings. The average molecular weight is 262 g/mol. The molecule has 0 bridgehead atoms. The van der Waals surface area contributed by atoms with Crippen LogP contribution in [-0.4, -0.2) is 39.9 Å². The van der Waals surface area contributed by atoms with E-state index in [-0.39, 0.29) is 11.9 Å². The third-order valence-corrected chi connectivity index (χ3v) is 3.63. The first kappa shape index (κ1) is 13.8. The molecule has 2 heterocycles. The van der Waals surface area contributed by atoms with E-state index in [2.05, 4.69) is 29.1 Å². The first-order chi connectivity index (χ1) is 9.11. The van der Waals surface area contributed by atoms with Crippen molar-refractivity contribution in [3.63, 3.8) is 0 Å². The average Bonchev–Trinajstić information content (AvgIpc) is 2.39. The quantitative estimate of drug-likeness (QED) is 0.907. The second-order valence-electron chi connectivity index (χ2n) is 5.29. The molecule has 1 amide bonds. The van der Waals surface area contributed by atoms with Crippen LogP contribution in [0.25, 0.3) is 0 Å². The summed E-state index contributed by atoms with van der Waals surface area (Å²) in [5.74, 6) is 1.40. The summed E-state index contributed by atoms with van der Waals surface area (Å²) in [5, 5.41) is 3.07. The van der Waals surface area contributed by atoms with Gasteiger partial charge in [-0.05, 0) is 32.6 Å². The summed E-state index contributed by atoms with van der Waals surface area (Å²) < 4.78 is 0. The maximum absolute atomic E-state index is 12.4. The van der Waals surface area contributed by atoms with Crippen LogP contribution >= 0.6 is 0 Å². The van der Waals surface area contributed by atoms with Crippen molar-refractivity contribution < 1.29 is 4.79 Å². The molecule has 19 heavy (non-hydrogen) atoms. The lowest BCUT2D eigenvalue weighted by molar-refractivity contribution is 0.0582. The summed E-state index contributed by atoms with van der Waals surface area (Å²) >= 11 is 0. The summed E-state index contributed by atoms with van der Waals surface area (Å²) in [6, 6.07) is 0.284. The van der Waals surface area contributed by atoms with E-state index in [9.17, 15) is 4.79 Å². The highest BCUT2D eigenvalue weighted by Crippen LogP contribution is 2.23. The molecular weight excluding hydrogens is 240 g/mol. The van der Waals surface area contributed by atoms with E-state index in [1.54, 1.807) is 12.4 Å². The lowest BCUT2D eigenvalue weighted by Crippen LogP contribution is -2.44. The van der Waals surface area contributed by atoms with Gasteiger partial charge in [-0.15, -0.1) is 0 Å². The molecule has 5 heteroatoms. The number of hydrogen-bond donors (Lipinski definition) is 1. The first-order valence-electron chi connectivity index (χ1n) is 6.98. The fraction of sp³-hybridized carbons (Fsp3) is 0.643. The van der Waals surface area contributed by atoms with Gasteiger partial charge in [0.2, 0.25) is 0 Å². The Bertz CT molecular complexity index is 432. The standard InChI is InChI=1S/C14H22N4O/c1-4-15-13-9-16-12(8-17-13)14(19)18-6-5-10(2)7-11(18)3/h8-11H,4-7H2,1-3H3,(H,15,17). The monoisotopic (exact) mass is 262 g/mol. The van der Waals surface area contributed by atoms with Crippen molar-refractivity contribution >= 4 is 11.7 Å². The van der Waals surface area contributed by atoms with Gasteiger partial charge in [-0.1, -0.05) is 6.92 Å². The maximum Gasteiger partial charge on any atom is 0.274 e. The number of piperidine rings is 1. The highest BCUT2D eigenvalue weighted by Gasteiger charge is 2.28. The Morgan fingerprint density at radius 2 is 2.21 bits per heavy atom. The van der Waals surface area contributed by atoms with Crippen molar-refractivity contribution in [3.8, 4) is 0 Å². The van der Waals surface area contributed by atoms with Crippen LogP contribution in [0.5, 0.6) is 0 Å². The molecule has 0 saturated carbocycles. The van der Waals surface area contributed by atoms with Gasteiger partial charge in [-0.2, -0.15) is 0 Å². The van der Waals surface area contributed by atoms with Gasteiger partial charge in [0.25, 0.3) is 5.91 Å². The molecule has 0 radical (unpaired) electrons. The zero-order chi connectivity index (χ0) is 13.8. The van der Waals surface area contributed by atoms with Crippen molar-refractivity contribution in [3.05, 3.63) is 18.1 Å². The summed E-state index contributed by atoms with van der Waals surface area (Å²) in [7, 11) is 0. The van der Waals surface area contributed by atoms with Crippen LogP contribution < -0.4 is 5.32 Å². The summed E-state index contributed by atoms with van der Waals surface area (Å²) in [6.07, 6.45) is 5.31. The Morgan fingerprint density at radius 1 is 1.42 bits per heavy atom. The fourth-order valence-corrected chi connectivity index (χ4v) is 2.57. The summed E-state index contributed by atoms with van der Waals surface area (Å²) in [5.41, 5.74) is 0.433. The van der Waals surface area contributed by atoms with Crippen molar-refractivity contribution in [2.45, 2.75) is 39.7 Å². The number of amides is 1. The van der Waals surface area contributed by atoms with E-state index in [1.807, 2.05) is 11.8 Å². The number of likely N-dealkylation sites (tertiary alicyclic amines) is 1. The second kappa shape index (κ2) is 5.99. The van der Waals surface area contributed by atoms with Gasteiger partial charge in [0.15, 0.2) is 0 Å². The Labute approximate surface area is 114 Å². The topological polar surface area (TPSA) is 58.1 Å². The van der Waals surface area contributed by atoms with E-state index in [0.29, 0.717) is 17.4 Å². The number of hydrogen-bond acceptors (Lipinski definition) is 4. The molecule has 1 aliphatic heterocycles. The van der Waals surface area contributed by atoms with Crippen LogP contribution in [0.4, 0.5) is 5.82 Å². The number of carbonyl (C=O) groups excluding carboxylic acids is 1.